The van der Waals surface area contributed by atoms with Crippen molar-refractivity contribution < 1.29 is 18.0 Å². The zero-order chi connectivity index (χ0) is 23.1. The molecule has 0 aliphatic carbocycles. The van der Waals surface area contributed by atoms with Crippen LogP contribution in [0.25, 0.3) is 0 Å². The van der Waals surface area contributed by atoms with Crippen molar-refractivity contribution in [1.82, 2.24) is 10.0 Å². The first kappa shape index (κ1) is 23.7. The molecule has 0 radical (unpaired) electrons. The highest BCUT2D eigenvalue weighted by molar-refractivity contribution is 7.89. The van der Waals surface area contributed by atoms with Gasteiger partial charge in [0.15, 0.2) is 0 Å². The summed E-state index contributed by atoms with van der Waals surface area (Å²) < 4.78 is 26.4. The van der Waals surface area contributed by atoms with E-state index >= 15 is 0 Å². The van der Waals surface area contributed by atoms with E-state index in [1.807, 2.05) is 24.3 Å². The fourth-order valence-electron chi connectivity index (χ4n) is 3.66. The topological polar surface area (TPSA) is 108 Å². The zero-order valence-corrected chi connectivity index (χ0v) is 19.2. The highest BCUT2D eigenvalue weighted by Gasteiger charge is 2.17. The molecule has 9 heteroatoms. The highest BCUT2D eigenvalue weighted by atomic mass is 32.2. The fourth-order valence-corrected chi connectivity index (χ4v) is 4.70. The van der Waals surface area contributed by atoms with E-state index in [0.717, 1.165) is 24.5 Å². The van der Waals surface area contributed by atoms with Gasteiger partial charge in [-0.2, -0.15) is 0 Å². The SMILES string of the molecule is CCNS(=O)(=O)c1ccc(C(=O)NC(C)CC(=O)Nc2cccc(N3CCCC3)c2)cc1. The molecule has 8 nitrogen and oxygen atoms in total. The van der Waals surface area contributed by atoms with Crippen LogP contribution in [0.1, 0.15) is 43.5 Å². The third-order valence-corrected chi connectivity index (χ3v) is 6.79. The van der Waals surface area contributed by atoms with E-state index < -0.39 is 16.1 Å². The molecule has 1 saturated heterocycles. The van der Waals surface area contributed by atoms with Crippen molar-refractivity contribution in [3.8, 4) is 0 Å². The summed E-state index contributed by atoms with van der Waals surface area (Å²) in [4.78, 5) is 27.3. The molecule has 0 spiro atoms. The second-order valence-corrected chi connectivity index (χ2v) is 9.66. The predicted molar refractivity (Wildman–Crippen MR) is 125 cm³/mol. The molecule has 172 valence electrons. The number of anilines is 2. The predicted octanol–water partition coefficient (Wildman–Crippen LogP) is 2.73. The molecule has 0 aromatic heterocycles. The zero-order valence-electron chi connectivity index (χ0n) is 18.4. The number of hydrogen-bond donors (Lipinski definition) is 3. The lowest BCUT2D eigenvalue weighted by Crippen LogP contribution is -2.35. The molecular formula is C23H30N4O4S. The number of carbonyl (C=O) groups is 2. The maximum absolute atomic E-state index is 12.5. The first-order valence-corrected chi connectivity index (χ1v) is 12.3. The molecule has 1 unspecified atom stereocenters. The number of amides is 2. The van der Waals surface area contributed by atoms with Crippen LogP contribution in [-0.2, 0) is 14.8 Å². The van der Waals surface area contributed by atoms with E-state index in [1.54, 1.807) is 13.8 Å². The van der Waals surface area contributed by atoms with Gasteiger partial charge in [-0.15, -0.1) is 0 Å². The maximum Gasteiger partial charge on any atom is 0.251 e. The largest absolute Gasteiger partial charge is 0.371 e. The minimum absolute atomic E-state index is 0.0967. The van der Waals surface area contributed by atoms with Crippen LogP contribution in [0.5, 0.6) is 0 Å². The van der Waals surface area contributed by atoms with Gasteiger partial charge in [-0.3, -0.25) is 9.59 Å². The Bertz CT molecular complexity index is 1050. The monoisotopic (exact) mass is 458 g/mol. The molecule has 3 rings (SSSR count). The van der Waals surface area contributed by atoms with Crippen molar-refractivity contribution in [3.63, 3.8) is 0 Å². The molecule has 2 amide bonds. The Labute approximate surface area is 189 Å². The lowest BCUT2D eigenvalue weighted by molar-refractivity contribution is -0.116. The fraction of sp³-hybridized carbons (Fsp3) is 0.391. The lowest BCUT2D eigenvalue weighted by atomic mass is 10.1. The van der Waals surface area contributed by atoms with Gasteiger partial charge < -0.3 is 15.5 Å². The molecular weight excluding hydrogens is 428 g/mol. The summed E-state index contributed by atoms with van der Waals surface area (Å²) in [6, 6.07) is 13.1. The average molecular weight is 459 g/mol. The minimum Gasteiger partial charge on any atom is -0.371 e. The van der Waals surface area contributed by atoms with Crippen molar-refractivity contribution in [2.24, 2.45) is 0 Å². The normalized spacial score (nSPS) is 14.8. The smallest absolute Gasteiger partial charge is 0.251 e. The van der Waals surface area contributed by atoms with Crippen molar-refractivity contribution in [2.45, 2.75) is 44.0 Å². The second-order valence-electron chi connectivity index (χ2n) is 7.90. The number of benzene rings is 2. The number of sulfonamides is 1. The van der Waals surface area contributed by atoms with Gasteiger partial charge >= 0.3 is 0 Å². The summed E-state index contributed by atoms with van der Waals surface area (Å²) in [6.45, 7) is 5.79. The number of nitrogens with zero attached hydrogens (tertiary/aromatic N) is 1. The minimum atomic E-state index is -3.57. The summed E-state index contributed by atoms with van der Waals surface area (Å²) >= 11 is 0. The van der Waals surface area contributed by atoms with Gasteiger partial charge in [0.2, 0.25) is 15.9 Å². The van der Waals surface area contributed by atoms with Crippen molar-refractivity contribution in [3.05, 3.63) is 54.1 Å². The Balaban J connectivity index is 1.52. The van der Waals surface area contributed by atoms with Crippen molar-refractivity contribution >= 4 is 33.2 Å². The van der Waals surface area contributed by atoms with Gasteiger partial charge in [0.25, 0.3) is 5.91 Å². The quantitative estimate of drug-likeness (QED) is 0.536. The van der Waals surface area contributed by atoms with Crippen LogP contribution in [0.3, 0.4) is 0 Å². The number of carbonyl (C=O) groups excluding carboxylic acids is 2. The molecule has 1 aliphatic rings. The van der Waals surface area contributed by atoms with Crippen LogP contribution in [0.15, 0.2) is 53.4 Å². The molecule has 1 atom stereocenters. The van der Waals surface area contributed by atoms with E-state index in [0.29, 0.717) is 5.56 Å². The van der Waals surface area contributed by atoms with E-state index in [-0.39, 0.29) is 29.7 Å². The Morgan fingerprint density at radius 2 is 1.75 bits per heavy atom. The molecule has 2 aromatic rings. The molecule has 1 aliphatic heterocycles. The third-order valence-electron chi connectivity index (χ3n) is 5.23. The first-order valence-electron chi connectivity index (χ1n) is 10.8. The van der Waals surface area contributed by atoms with Crippen LogP contribution in [0, 0.1) is 0 Å². The summed E-state index contributed by atoms with van der Waals surface area (Å²) in [7, 11) is -3.57. The Morgan fingerprint density at radius 1 is 1.06 bits per heavy atom. The van der Waals surface area contributed by atoms with Crippen LogP contribution in [0.2, 0.25) is 0 Å². The molecule has 0 bridgehead atoms. The first-order chi connectivity index (χ1) is 15.3. The molecule has 3 N–H and O–H groups in total. The maximum atomic E-state index is 12.5. The van der Waals surface area contributed by atoms with E-state index in [2.05, 4.69) is 20.3 Å². The molecule has 1 heterocycles. The van der Waals surface area contributed by atoms with E-state index in [1.165, 1.54) is 37.1 Å². The third kappa shape index (κ3) is 6.30. The summed E-state index contributed by atoms with van der Waals surface area (Å²) in [5, 5.41) is 5.67. The number of hydrogen-bond acceptors (Lipinski definition) is 5. The molecule has 2 aromatic carbocycles. The lowest BCUT2D eigenvalue weighted by Gasteiger charge is -2.19. The summed E-state index contributed by atoms with van der Waals surface area (Å²) in [5.74, 6) is -0.558. The summed E-state index contributed by atoms with van der Waals surface area (Å²) in [6.07, 6.45) is 2.48. The molecule has 1 fully saturated rings. The van der Waals surface area contributed by atoms with E-state index in [9.17, 15) is 18.0 Å². The van der Waals surface area contributed by atoms with Crippen LogP contribution < -0.4 is 20.3 Å². The number of nitrogens with one attached hydrogen (secondary N) is 3. The van der Waals surface area contributed by atoms with Crippen LogP contribution in [-0.4, -0.2) is 45.9 Å². The van der Waals surface area contributed by atoms with Gasteiger partial charge in [0.1, 0.15) is 0 Å². The Hall–Kier alpha value is -2.91. The van der Waals surface area contributed by atoms with Gasteiger partial charge in [0.05, 0.1) is 4.90 Å². The van der Waals surface area contributed by atoms with Crippen molar-refractivity contribution in [2.75, 3.05) is 29.9 Å². The van der Waals surface area contributed by atoms with E-state index in [4.69, 9.17) is 0 Å². The molecule has 32 heavy (non-hydrogen) atoms. The van der Waals surface area contributed by atoms with Crippen molar-refractivity contribution in [1.29, 1.82) is 0 Å². The number of rotatable bonds is 9. The van der Waals surface area contributed by atoms with Gasteiger partial charge in [-0.1, -0.05) is 13.0 Å². The van der Waals surface area contributed by atoms with Crippen LogP contribution >= 0.6 is 0 Å². The van der Waals surface area contributed by atoms with Crippen LogP contribution in [0.4, 0.5) is 11.4 Å². The standard InChI is InChI=1S/C23H30N4O4S/c1-3-24-32(30,31)21-11-9-18(10-12-21)23(29)25-17(2)15-22(28)26-19-7-6-8-20(16-19)27-13-4-5-14-27/h6-12,16-17,24H,3-5,13-15H2,1-2H3,(H,25,29)(H,26,28). The second kappa shape index (κ2) is 10.6. The van der Waals surface area contributed by atoms with Gasteiger partial charge in [-0.05, 0) is 62.2 Å². The molecule has 0 saturated carbocycles. The Morgan fingerprint density at radius 3 is 2.41 bits per heavy atom. The average Bonchev–Trinajstić information content (AvgIpc) is 3.29. The highest BCUT2D eigenvalue weighted by Crippen LogP contribution is 2.23. The van der Waals surface area contributed by atoms with Gasteiger partial charge in [-0.25, -0.2) is 13.1 Å². The summed E-state index contributed by atoms with van der Waals surface area (Å²) in [5.41, 5.74) is 2.16. The Kier molecular flexibility index (Phi) is 7.87. The van der Waals surface area contributed by atoms with Gasteiger partial charge in [0, 0.05) is 49.0 Å².